The number of nitrogens with two attached hydrogens (primary N) is 1. The Morgan fingerprint density at radius 2 is 1.96 bits per heavy atom. The van der Waals surface area contributed by atoms with Crippen LogP contribution in [-0.2, 0) is 4.79 Å². The van der Waals surface area contributed by atoms with E-state index in [9.17, 15) is 4.79 Å². The molecule has 0 spiro atoms. The molecule has 4 nitrogen and oxygen atoms in total. The third kappa shape index (κ3) is 2.93. The Balaban J connectivity index is 1.48. The van der Waals surface area contributed by atoms with E-state index in [0.29, 0.717) is 12.5 Å². The van der Waals surface area contributed by atoms with Crippen molar-refractivity contribution in [3.63, 3.8) is 0 Å². The summed E-state index contributed by atoms with van der Waals surface area (Å²) in [6, 6.07) is 0.752. The van der Waals surface area contributed by atoms with Gasteiger partial charge >= 0.3 is 0 Å². The second kappa shape index (κ2) is 6.36. The van der Waals surface area contributed by atoms with E-state index in [0.717, 1.165) is 18.5 Å². The van der Waals surface area contributed by atoms with Gasteiger partial charge in [-0.1, -0.05) is 13.8 Å². The van der Waals surface area contributed by atoms with E-state index >= 15 is 0 Å². The molecular weight excluding hydrogens is 286 g/mol. The average Bonchev–Trinajstić information content (AvgIpc) is 3.18. The first kappa shape index (κ1) is 17.2. The van der Waals surface area contributed by atoms with Gasteiger partial charge in [0.2, 0.25) is 0 Å². The van der Waals surface area contributed by atoms with Gasteiger partial charge in [0, 0.05) is 18.4 Å². The maximum atomic E-state index is 12.5. The third-order valence-electron chi connectivity index (χ3n) is 7.87. The summed E-state index contributed by atoms with van der Waals surface area (Å²) in [7, 11) is 0. The average molecular weight is 324 g/mol. The number of rotatable bonds is 6. The molecule has 3 fully saturated rings. The molecule has 1 aliphatic heterocycles. The Labute approximate surface area is 141 Å². The van der Waals surface area contributed by atoms with Gasteiger partial charge in [0.25, 0.3) is 5.91 Å². The lowest BCUT2D eigenvalue weighted by Gasteiger charge is -2.48. The molecule has 0 radical (unpaired) electrons. The monoisotopic (exact) mass is 323 g/mol. The summed E-state index contributed by atoms with van der Waals surface area (Å²) in [6.45, 7) is 13.5. The topological polar surface area (TPSA) is 50.2 Å². The number of fused-ring (bicyclic) bond motifs is 2. The summed E-state index contributed by atoms with van der Waals surface area (Å²) in [5.74, 6) is 1.72. The molecule has 1 amide bonds. The van der Waals surface area contributed by atoms with Gasteiger partial charge in [-0.3, -0.25) is 4.79 Å². The second-order valence-electron chi connectivity index (χ2n) is 9.01. The number of likely N-dealkylation sites (tertiary alicyclic amines) is 1. The van der Waals surface area contributed by atoms with E-state index < -0.39 is 0 Å². The molecular formula is C19H37N3O+2. The molecule has 3 aliphatic rings. The lowest BCUT2D eigenvalue weighted by atomic mass is 9.64. The minimum Gasteiger partial charge on any atom is -0.345 e. The molecule has 132 valence electrons. The highest BCUT2D eigenvalue weighted by molar-refractivity contribution is 5.77. The minimum absolute atomic E-state index is 0.00506. The molecule has 1 heterocycles. The molecule has 5 atom stereocenters. The van der Waals surface area contributed by atoms with Gasteiger partial charge < -0.3 is 15.5 Å². The highest BCUT2D eigenvalue weighted by Crippen LogP contribution is 2.61. The standard InChI is InChI=1S/C19H35N3O/c1-5-22-10-6-7-16(22)12-20-13-17(23)21-19(4)15-9-8-14(11-15)18(19,2)3/h14-16,20H,5-13H2,1-4H3,(H,21,23)/p+2/t14-,15+,16+,19+/m0/s1. The van der Waals surface area contributed by atoms with Crippen LogP contribution in [0, 0.1) is 17.3 Å². The van der Waals surface area contributed by atoms with E-state index in [4.69, 9.17) is 0 Å². The molecule has 0 aromatic rings. The number of hydrogen-bond acceptors (Lipinski definition) is 1. The van der Waals surface area contributed by atoms with Gasteiger partial charge in [0.1, 0.15) is 12.6 Å². The van der Waals surface area contributed by atoms with Gasteiger partial charge in [-0.15, -0.1) is 0 Å². The lowest BCUT2D eigenvalue weighted by Crippen LogP contribution is -3.16. The highest BCUT2D eigenvalue weighted by atomic mass is 16.2. The van der Waals surface area contributed by atoms with E-state index in [1.165, 1.54) is 45.2 Å². The van der Waals surface area contributed by atoms with Gasteiger partial charge in [-0.2, -0.15) is 0 Å². The maximum absolute atomic E-state index is 12.5. The van der Waals surface area contributed by atoms with Gasteiger partial charge in [0.05, 0.1) is 13.1 Å². The number of quaternary nitrogens is 2. The number of nitrogens with one attached hydrogen (secondary N) is 2. The molecule has 0 aromatic carbocycles. The van der Waals surface area contributed by atoms with Gasteiger partial charge in [0.15, 0.2) is 6.54 Å². The van der Waals surface area contributed by atoms with E-state index in [1.54, 1.807) is 4.90 Å². The van der Waals surface area contributed by atoms with Crippen molar-refractivity contribution in [2.45, 2.75) is 71.4 Å². The normalized spacial score (nSPS) is 41.4. The number of amides is 1. The molecule has 4 N–H and O–H groups in total. The largest absolute Gasteiger partial charge is 0.345 e. The van der Waals surface area contributed by atoms with Crippen molar-refractivity contribution >= 4 is 5.91 Å². The van der Waals surface area contributed by atoms with Crippen LogP contribution in [0.25, 0.3) is 0 Å². The molecule has 1 saturated heterocycles. The summed E-state index contributed by atoms with van der Waals surface area (Å²) in [5, 5.41) is 5.69. The number of hydrogen-bond donors (Lipinski definition) is 3. The Morgan fingerprint density at radius 3 is 2.61 bits per heavy atom. The highest BCUT2D eigenvalue weighted by Gasteiger charge is 2.60. The van der Waals surface area contributed by atoms with E-state index in [2.05, 4.69) is 38.3 Å². The van der Waals surface area contributed by atoms with Crippen molar-refractivity contribution in [1.29, 1.82) is 0 Å². The Kier molecular flexibility index (Phi) is 4.76. The predicted molar refractivity (Wildman–Crippen MR) is 92.2 cm³/mol. The molecule has 1 unspecified atom stereocenters. The molecule has 0 aromatic heterocycles. The van der Waals surface area contributed by atoms with Crippen molar-refractivity contribution < 1.29 is 15.0 Å². The van der Waals surface area contributed by atoms with E-state index in [1.807, 2.05) is 0 Å². The number of carbonyl (C=O) groups excluding carboxylic acids is 1. The van der Waals surface area contributed by atoms with Crippen LogP contribution in [0.1, 0.15) is 59.8 Å². The van der Waals surface area contributed by atoms with Crippen molar-refractivity contribution in [2.24, 2.45) is 17.3 Å². The smallest absolute Gasteiger partial charge is 0.275 e. The zero-order valence-corrected chi connectivity index (χ0v) is 15.6. The summed E-state index contributed by atoms with van der Waals surface area (Å²) in [5.41, 5.74) is 0.231. The van der Waals surface area contributed by atoms with Crippen molar-refractivity contribution in [3.05, 3.63) is 0 Å². The summed E-state index contributed by atoms with van der Waals surface area (Å²) in [6.07, 6.45) is 6.64. The lowest BCUT2D eigenvalue weighted by molar-refractivity contribution is -0.923. The zero-order valence-electron chi connectivity index (χ0n) is 15.6. The van der Waals surface area contributed by atoms with Crippen LogP contribution in [0.4, 0.5) is 0 Å². The van der Waals surface area contributed by atoms with Crippen LogP contribution in [0.3, 0.4) is 0 Å². The Hall–Kier alpha value is -0.610. The fraction of sp³-hybridized carbons (Fsp3) is 0.947. The summed E-state index contributed by atoms with van der Waals surface area (Å²) in [4.78, 5) is 14.3. The van der Waals surface area contributed by atoms with Crippen molar-refractivity contribution in [3.8, 4) is 0 Å². The maximum Gasteiger partial charge on any atom is 0.275 e. The Morgan fingerprint density at radius 1 is 1.22 bits per heavy atom. The van der Waals surface area contributed by atoms with Crippen molar-refractivity contribution in [1.82, 2.24) is 5.32 Å². The SMILES string of the molecule is CC[NH+]1CCC[C@@H]1C[NH2+]CC(=O)N[C@]1(C)[C@@H]2CC[C@@H](C2)C1(C)C. The van der Waals surface area contributed by atoms with Crippen LogP contribution in [0.15, 0.2) is 0 Å². The van der Waals surface area contributed by atoms with Gasteiger partial charge in [-0.25, -0.2) is 0 Å². The molecule has 2 saturated carbocycles. The van der Waals surface area contributed by atoms with Crippen molar-refractivity contribution in [2.75, 3.05) is 26.2 Å². The van der Waals surface area contributed by atoms with Crippen LogP contribution in [-0.4, -0.2) is 43.7 Å². The molecule has 4 heteroatoms. The van der Waals surface area contributed by atoms with Gasteiger partial charge in [-0.05, 0) is 50.4 Å². The Bertz CT molecular complexity index is 450. The summed E-state index contributed by atoms with van der Waals surface area (Å²) < 4.78 is 0. The third-order valence-corrected chi connectivity index (χ3v) is 7.87. The van der Waals surface area contributed by atoms with Crippen LogP contribution in [0.5, 0.6) is 0 Å². The zero-order chi connectivity index (χ0) is 16.7. The quantitative estimate of drug-likeness (QED) is 0.631. The molecule has 2 aliphatic carbocycles. The first-order valence-electron chi connectivity index (χ1n) is 9.85. The number of likely N-dealkylation sites (N-methyl/N-ethyl adjacent to an activating group) is 1. The summed E-state index contributed by atoms with van der Waals surface area (Å²) >= 11 is 0. The van der Waals surface area contributed by atoms with E-state index in [-0.39, 0.29) is 16.9 Å². The number of carbonyl (C=O) groups is 1. The van der Waals surface area contributed by atoms with Crippen LogP contribution >= 0.6 is 0 Å². The first-order chi connectivity index (χ1) is 10.9. The first-order valence-corrected chi connectivity index (χ1v) is 9.85. The molecule has 23 heavy (non-hydrogen) atoms. The molecule has 2 bridgehead atoms. The second-order valence-corrected chi connectivity index (χ2v) is 9.01. The fourth-order valence-electron chi connectivity index (χ4n) is 5.86. The minimum atomic E-state index is -0.00506. The van der Waals surface area contributed by atoms with Crippen LogP contribution < -0.4 is 15.5 Å². The fourth-order valence-corrected chi connectivity index (χ4v) is 5.86. The van der Waals surface area contributed by atoms with Crippen LogP contribution in [0.2, 0.25) is 0 Å². The predicted octanol–water partition coefficient (Wildman–Crippen LogP) is -0.0520. The molecule has 3 rings (SSSR count).